The van der Waals surface area contributed by atoms with Crippen LogP contribution in [0.5, 0.6) is 0 Å². The molecule has 116 valence electrons. The van der Waals surface area contributed by atoms with E-state index in [1.54, 1.807) is 0 Å². The summed E-state index contributed by atoms with van der Waals surface area (Å²) in [5, 5.41) is 0. The van der Waals surface area contributed by atoms with E-state index in [9.17, 15) is 18.0 Å². The molecule has 0 spiro atoms. The summed E-state index contributed by atoms with van der Waals surface area (Å²) in [5.41, 5.74) is -0.839. The summed E-state index contributed by atoms with van der Waals surface area (Å²) in [6, 6.07) is 0. The second kappa shape index (κ2) is 5.39. The molecule has 0 saturated carbocycles. The minimum absolute atomic E-state index is 0.187. The highest BCUT2D eigenvalue weighted by molar-refractivity contribution is 5.80. The van der Waals surface area contributed by atoms with E-state index in [2.05, 4.69) is 15.0 Å². The zero-order valence-corrected chi connectivity index (χ0v) is 11.3. The van der Waals surface area contributed by atoms with E-state index in [4.69, 9.17) is 4.42 Å². The van der Waals surface area contributed by atoms with Crippen LogP contribution >= 0.6 is 0 Å². The molecule has 2 aromatic rings. The molecule has 0 aliphatic carbocycles. The van der Waals surface area contributed by atoms with Gasteiger partial charge in [0.25, 0.3) is 0 Å². The van der Waals surface area contributed by atoms with Crippen LogP contribution < -0.4 is 4.90 Å². The molecule has 22 heavy (non-hydrogen) atoms. The van der Waals surface area contributed by atoms with Gasteiger partial charge < -0.3 is 9.32 Å². The van der Waals surface area contributed by atoms with Crippen LogP contribution in [-0.4, -0.2) is 33.8 Å². The highest BCUT2D eigenvalue weighted by Crippen LogP contribution is 2.30. The molecule has 0 N–H and O–H groups in total. The fraction of sp³-hybridized carbons (Fsp3) is 0.385. The summed E-state index contributed by atoms with van der Waals surface area (Å²) in [6.07, 6.45) is -0.405. The van der Waals surface area contributed by atoms with E-state index < -0.39 is 11.9 Å². The summed E-state index contributed by atoms with van der Waals surface area (Å²) in [4.78, 5) is 24.6. The van der Waals surface area contributed by atoms with E-state index in [-0.39, 0.29) is 17.2 Å². The quantitative estimate of drug-likeness (QED) is 0.847. The predicted octanol–water partition coefficient (Wildman–Crippen LogP) is 2.32. The summed E-state index contributed by atoms with van der Waals surface area (Å²) in [6.45, 7) is 1.07. The number of halogens is 3. The molecule has 0 bridgehead atoms. The number of aromatic nitrogens is 3. The molecule has 6 nitrogen and oxygen atoms in total. The first kappa shape index (κ1) is 14.5. The molecule has 1 fully saturated rings. The van der Waals surface area contributed by atoms with Crippen molar-refractivity contribution in [3.8, 4) is 11.5 Å². The van der Waals surface area contributed by atoms with Crippen molar-refractivity contribution in [2.75, 3.05) is 18.0 Å². The smallest absolute Gasteiger partial charge is 0.436 e. The Morgan fingerprint density at radius 1 is 1.14 bits per heavy atom. The summed E-state index contributed by atoms with van der Waals surface area (Å²) < 4.78 is 42.2. The third kappa shape index (κ3) is 2.92. The molecule has 2 aromatic heterocycles. The van der Waals surface area contributed by atoms with Crippen LogP contribution in [0, 0.1) is 0 Å². The number of carbonyl (C=O) groups is 1. The lowest BCUT2D eigenvalue weighted by molar-refractivity contribution is -0.141. The molecule has 3 heterocycles. The van der Waals surface area contributed by atoms with Gasteiger partial charge >= 0.3 is 6.18 Å². The first-order valence-corrected chi connectivity index (χ1v) is 6.55. The minimum atomic E-state index is -4.55. The topological polar surface area (TPSA) is 72.1 Å². The van der Waals surface area contributed by atoms with Gasteiger partial charge in [0.2, 0.25) is 11.8 Å². The number of nitrogens with zero attached hydrogens (tertiary/aromatic N) is 4. The first-order chi connectivity index (χ1) is 10.4. The van der Waals surface area contributed by atoms with Gasteiger partial charge in [-0.15, -0.1) is 0 Å². The predicted molar refractivity (Wildman–Crippen MR) is 69.0 cm³/mol. The number of alkyl halides is 3. The second-order valence-electron chi connectivity index (χ2n) is 4.83. The summed E-state index contributed by atoms with van der Waals surface area (Å²) in [7, 11) is 0. The number of oxazole rings is 1. The molecular weight excluding hydrogens is 301 g/mol. The van der Waals surface area contributed by atoms with Crippen molar-refractivity contribution in [2.45, 2.75) is 19.0 Å². The van der Waals surface area contributed by atoms with Gasteiger partial charge in [0.15, 0.2) is 5.69 Å². The van der Waals surface area contributed by atoms with Gasteiger partial charge in [-0.3, -0.25) is 4.79 Å². The Morgan fingerprint density at radius 3 is 2.32 bits per heavy atom. The molecule has 0 amide bonds. The monoisotopic (exact) mass is 312 g/mol. The third-order valence-corrected chi connectivity index (χ3v) is 3.28. The Morgan fingerprint density at radius 2 is 1.77 bits per heavy atom. The maximum atomic E-state index is 12.5. The van der Waals surface area contributed by atoms with E-state index >= 15 is 0 Å². The molecule has 0 aromatic carbocycles. The zero-order chi connectivity index (χ0) is 15.7. The average Bonchev–Trinajstić information content (AvgIpc) is 2.98. The molecule has 0 radical (unpaired) electrons. The van der Waals surface area contributed by atoms with Crippen LogP contribution in [0.15, 0.2) is 23.1 Å². The normalized spacial score (nSPS) is 16.1. The lowest BCUT2D eigenvalue weighted by atomic mass is 10.1. The van der Waals surface area contributed by atoms with Crippen LogP contribution in [0.1, 0.15) is 18.5 Å². The number of hydrogen-bond donors (Lipinski definition) is 0. The van der Waals surface area contributed by atoms with Gasteiger partial charge in [0.1, 0.15) is 12.0 Å². The number of ketones is 1. The van der Waals surface area contributed by atoms with Crippen LogP contribution in [0.2, 0.25) is 0 Å². The average molecular weight is 312 g/mol. The standard InChI is InChI=1S/C13H11F3N4O2/c14-13(15,16)10-7-22-11(19-10)8-5-17-12(18-6-8)20-3-1-9(21)2-4-20/h5-7H,1-4H2. The van der Waals surface area contributed by atoms with Gasteiger partial charge in [-0.1, -0.05) is 0 Å². The molecule has 0 unspecified atom stereocenters. The van der Waals surface area contributed by atoms with Gasteiger partial charge in [0.05, 0.1) is 5.56 Å². The van der Waals surface area contributed by atoms with E-state index in [0.717, 1.165) is 0 Å². The fourth-order valence-corrected chi connectivity index (χ4v) is 2.09. The number of piperidine rings is 1. The largest absolute Gasteiger partial charge is 0.444 e. The van der Waals surface area contributed by atoms with Crippen molar-refractivity contribution in [1.82, 2.24) is 15.0 Å². The van der Waals surface area contributed by atoms with Crippen molar-refractivity contribution in [2.24, 2.45) is 0 Å². The lowest BCUT2D eigenvalue weighted by Crippen LogP contribution is -2.34. The van der Waals surface area contributed by atoms with Crippen molar-refractivity contribution in [3.63, 3.8) is 0 Å². The Kier molecular flexibility index (Phi) is 3.55. The highest BCUT2D eigenvalue weighted by Gasteiger charge is 2.35. The fourth-order valence-electron chi connectivity index (χ4n) is 2.09. The van der Waals surface area contributed by atoms with E-state index in [1.165, 1.54) is 12.4 Å². The zero-order valence-electron chi connectivity index (χ0n) is 11.3. The number of Topliss-reactive ketones (excluding diaryl/α,β-unsaturated/α-hetero) is 1. The van der Waals surface area contributed by atoms with Crippen molar-refractivity contribution in [1.29, 1.82) is 0 Å². The van der Waals surface area contributed by atoms with Crippen LogP contribution in [0.3, 0.4) is 0 Å². The van der Waals surface area contributed by atoms with E-state index in [0.29, 0.717) is 38.1 Å². The Balaban J connectivity index is 1.77. The Labute approximate surface area is 123 Å². The molecule has 0 atom stereocenters. The second-order valence-corrected chi connectivity index (χ2v) is 4.83. The molecule has 1 saturated heterocycles. The number of anilines is 1. The first-order valence-electron chi connectivity index (χ1n) is 6.55. The maximum absolute atomic E-state index is 12.5. The van der Waals surface area contributed by atoms with E-state index in [1.807, 2.05) is 4.90 Å². The number of hydrogen-bond acceptors (Lipinski definition) is 6. The molecular formula is C13H11F3N4O2. The molecule has 1 aliphatic heterocycles. The highest BCUT2D eigenvalue weighted by atomic mass is 19.4. The molecule has 9 heteroatoms. The van der Waals surface area contributed by atoms with Gasteiger partial charge in [0, 0.05) is 38.3 Å². The van der Waals surface area contributed by atoms with Crippen molar-refractivity contribution >= 4 is 11.7 Å². The van der Waals surface area contributed by atoms with Crippen molar-refractivity contribution in [3.05, 3.63) is 24.4 Å². The van der Waals surface area contributed by atoms with Gasteiger partial charge in [-0.2, -0.15) is 13.2 Å². The Bertz CT molecular complexity index is 671. The summed E-state index contributed by atoms with van der Waals surface area (Å²) in [5.74, 6) is 0.443. The molecule has 1 aliphatic rings. The van der Waals surface area contributed by atoms with Crippen LogP contribution in [0.4, 0.5) is 19.1 Å². The Hall–Kier alpha value is -2.45. The van der Waals surface area contributed by atoms with Gasteiger partial charge in [-0.25, -0.2) is 15.0 Å². The van der Waals surface area contributed by atoms with Crippen LogP contribution in [0.25, 0.3) is 11.5 Å². The SMILES string of the molecule is O=C1CCN(c2ncc(-c3nc(C(F)(F)F)co3)cn2)CC1. The van der Waals surface area contributed by atoms with Crippen LogP contribution in [-0.2, 0) is 11.0 Å². The lowest BCUT2D eigenvalue weighted by Gasteiger charge is -2.25. The third-order valence-electron chi connectivity index (χ3n) is 3.28. The maximum Gasteiger partial charge on any atom is 0.436 e. The van der Waals surface area contributed by atoms with Crippen molar-refractivity contribution < 1.29 is 22.4 Å². The van der Waals surface area contributed by atoms with Gasteiger partial charge in [-0.05, 0) is 0 Å². The summed E-state index contributed by atoms with van der Waals surface area (Å²) >= 11 is 0. The number of rotatable bonds is 2. The molecule has 3 rings (SSSR count). The number of carbonyl (C=O) groups excluding carboxylic acids is 1. The minimum Gasteiger partial charge on any atom is -0.444 e.